The molecule has 1 saturated heterocycles. The molecule has 246 valence electrons. The van der Waals surface area contributed by atoms with Crippen molar-refractivity contribution in [3.63, 3.8) is 0 Å². The van der Waals surface area contributed by atoms with Gasteiger partial charge in [0.05, 0.1) is 23.4 Å². The molecule has 9 aromatic rings. The lowest BCUT2D eigenvalue weighted by molar-refractivity contribution is 0.0211. The molecule has 3 heterocycles. The second-order valence-electron chi connectivity index (χ2n) is 13.5. The van der Waals surface area contributed by atoms with Crippen molar-refractivity contribution < 1.29 is 0 Å². The van der Waals surface area contributed by atoms with E-state index in [4.69, 9.17) is 0 Å². The lowest BCUT2D eigenvalue weighted by Crippen LogP contribution is -2.56. The van der Waals surface area contributed by atoms with Crippen LogP contribution < -0.4 is 10.6 Å². The van der Waals surface area contributed by atoms with E-state index in [0.29, 0.717) is 0 Å². The zero-order valence-electron chi connectivity index (χ0n) is 28.2. The molecule has 0 aliphatic carbocycles. The first-order valence-electron chi connectivity index (χ1n) is 17.6. The molecular weight excluding hydrogens is 641 g/mol. The Balaban J connectivity index is 1.10. The van der Waals surface area contributed by atoms with Crippen molar-refractivity contribution in [3.05, 3.63) is 181 Å². The molecule has 1 aliphatic rings. The van der Waals surface area contributed by atoms with Gasteiger partial charge in [0, 0.05) is 30.9 Å². The molecule has 3 atom stereocenters. The molecule has 4 nitrogen and oxygen atoms in total. The van der Waals surface area contributed by atoms with Gasteiger partial charge in [-0.3, -0.25) is 15.5 Å². The number of fused-ring (bicyclic) bond motifs is 6. The van der Waals surface area contributed by atoms with Gasteiger partial charge < -0.3 is 4.57 Å². The van der Waals surface area contributed by atoms with Crippen LogP contribution >= 0.6 is 11.3 Å². The summed E-state index contributed by atoms with van der Waals surface area (Å²) >= 11 is 1.87. The molecule has 0 spiro atoms. The summed E-state index contributed by atoms with van der Waals surface area (Å²) in [6, 6.07) is 61.9. The van der Waals surface area contributed by atoms with E-state index in [2.05, 4.69) is 197 Å². The summed E-state index contributed by atoms with van der Waals surface area (Å²) in [5.41, 5.74) is 9.75. The fourth-order valence-electron chi connectivity index (χ4n) is 8.06. The summed E-state index contributed by atoms with van der Waals surface area (Å²) in [6.07, 6.45) is -0.253. The number of para-hydroxylation sites is 1. The van der Waals surface area contributed by atoms with Gasteiger partial charge in [-0.25, -0.2) is 0 Å². The van der Waals surface area contributed by atoms with Gasteiger partial charge in [0.2, 0.25) is 0 Å². The van der Waals surface area contributed by atoms with Gasteiger partial charge in [-0.1, -0.05) is 127 Å². The van der Waals surface area contributed by atoms with E-state index >= 15 is 0 Å². The van der Waals surface area contributed by atoms with Gasteiger partial charge in [0.1, 0.15) is 6.29 Å². The predicted molar refractivity (Wildman–Crippen MR) is 215 cm³/mol. The van der Waals surface area contributed by atoms with Crippen molar-refractivity contribution in [2.75, 3.05) is 7.05 Å². The van der Waals surface area contributed by atoms with E-state index in [1.165, 1.54) is 75.4 Å². The first-order chi connectivity index (χ1) is 25.2. The minimum absolute atomic E-state index is 0.0227. The number of aromatic nitrogens is 1. The Morgan fingerprint density at radius 2 is 1.00 bits per heavy atom. The topological polar surface area (TPSA) is 32.2 Å². The van der Waals surface area contributed by atoms with E-state index in [0.717, 1.165) is 0 Å². The highest BCUT2D eigenvalue weighted by Gasteiger charge is 2.36. The molecule has 7 aromatic carbocycles. The second-order valence-corrected chi connectivity index (χ2v) is 14.6. The summed E-state index contributed by atoms with van der Waals surface area (Å²) in [6.45, 7) is 0. The normalized spacial score (nSPS) is 18.3. The van der Waals surface area contributed by atoms with Gasteiger partial charge in [0.15, 0.2) is 0 Å². The summed E-state index contributed by atoms with van der Waals surface area (Å²) < 4.78 is 5.12. The lowest BCUT2D eigenvalue weighted by atomic mass is 10.00. The third kappa shape index (κ3) is 5.17. The van der Waals surface area contributed by atoms with E-state index < -0.39 is 0 Å². The van der Waals surface area contributed by atoms with Crippen LogP contribution in [-0.4, -0.2) is 16.5 Å². The van der Waals surface area contributed by atoms with Crippen LogP contribution in [-0.2, 0) is 0 Å². The van der Waals surface area contributed by atoms with Gasteiger partial charge >= 0.3 is 0 Å². The quantitative estimate of drug-likeness (QED) is 0.190. The fraction of sp³-hybridized carbons (Fsp3) is 0.0870. The third-order valence-electron chi connectivity index (χ3n) is 10.5. The van der Waals surface area contributed by atoms with Gasteiger partial charge in [-0.15, -0.1) is 11.3 Å². The second kappa shape index (κ2) is 12.3. The number of nitrogens with zero attached hydrogens (tertiary/aromatic N) is 2. The highest BCUT2D eigenvalue weighted by Crippen LogP contribution is 2.40. The van der Waals surface area contributed by atoms with E-state index in [9.17, 15) is 0 Å². The molecule has 5 heteroatoms. The number of nitrogens with one attached hydrogen (secondary N) is 2. The predicted octanol–water partition coefficient (Wildman–Crippen LogP) is 11.5. The summed E-state index contributed by atoms with van der Waals surface area (Å²) in [4.78, 5) is 2.41. The van der Waals surface area contributed by atoms with Crippen LogP contribution in [0.25, 0.3) is 64.2 Å². The number of benzene rings is 7. The van der Waals surface area contributed by atoms with Crippen LogP contribution in [0.1, 0.15) is 29.7 Å². The Labute approximate surface area is 301 Å². The maximum Gasteiger partial charge on any atom is 0.142 e. The van der Waals surface area contributed by atoms with Crippen molar-refractivity contribution in [1.29, 1.82) is 0 Å². The Bertz CT molecular complexity index is 2690. The maximum atomic E-state index is 4.04. The maximum absolute atomic E-state index is 4.04. The minimum atomic E-state index is -0.182. The standard InChI is InChI=1S/C46H36N4S/c1-49-44(31-15-6-3-7-16-31)47-46(48-45(49)35-18-12-17-32(27-35)30-13-4-2-5-14-30)50-40-21-10-8-19-36(40)38-28-33(23-25-41(38)50)34-24-26-43-39(29-34)37-20-9-11-22-42(37)51-43/h2-29,44-48H,1H3. The van der Waals surface area contributed by atoms with Crippen LogP contribution in [0, 0.1) is 0 Å². The molecule has 0 bridgehead atoms. The molecule has 3 unspecified atom stereocenters. The van der Waals surface area contributed by atoms with Crippen LogP contribution in [0.15, 0.2) is 170 Å². The van der Waals surface area contributed by atoms with E-state index in [1.807, 2.05) is 11.3 Å². The smallest absolute Gasteiger partial charge is 0.142 e. The summed E-state index contributed by atoms with van der Waals surface area (Å²) in [5, 5.41) is 13.2. The average Bonchev–Trinajstić information content (AvgIpc) is 3.74. The molecule has 51 heavy (non-hydrogen) atoms. The van der Waals surface area contributed by atoms with Crippen molar-refractivity contribution >= 4 is 53.3 Å². The summed E-state index contributed by atoms with van der Waals surface area (Å²) in [5.74, 6) is 0. The molecule has 1 aliphatic heterocycles. The zero-order valence-corrected chi connectivity index (χ0v) is 29.0. The highest BCUT2D eigenvalue weighted by molar-refractivity contribution is 7.25. The minimum Gasteiger partial charge on any atom is -0.311 e. The van der Waals surface area contributed by atoms with Crippen molar-refractivity contribution in [2.24, 2.45) is 0 Å². The Kier molecular flexibility index (Phi) is 7.33. The lowest BCUT2D eigenvalue weighted by Gasteiger charge is -2.46. The molecule has 1 fully saturated rings. The van der Waals surface area contributed by atoms with E-state index in [-0.39, 0.29) is 18.6 Å². The molecule has 2 aromatic heterocycles. The van der Waals surface area contributed by atoms with E-state index in [1.54, 1.807) is 0 Å². The zero-order chi connectivity index (χ0) is 33.9. The van der Waals surface area contributed by atoms with Crippen molar-refractivity contribution in [2.45, 2.75) is 18.6 Å². The number of hydrogen-bond donors (Lipinski definition) is 2. The van der Waals surface area contributed by atoms with Gasteiger partial charge in [-0.05, 0) is 82.9 Å². The molecule has 10 rings (SSSR count). The Morgan fingerprint density at radius 1 is 0.431 bits per heavy atom. The number of rotatable bonds is 5. The highest BCUT2D eigenvalue weighted by atomic mass is 32.1. The van der Waals surface area contributed by atoms with Crippen LogP contribution in [0.4, 0.5) is 0 Å². The number of thiophene rings is 1. The molecular formula is C46H36N4S. The average molecular weight is 677 g/mol. The SMILES string of the molecule is CN1C(c2ccccc2)NC(n2c3ccccc3c3cc(-c4ccc5sc6ccccc6c5c4)ccc32)NC1c1cccc(-c2ccccc2)c1. The molecule has 2 N–H and O–H groups in total. The first-order valence-corrected chi connectivity index (χ1v) is 18.4. The Hall–Kier alpha value is -5.56. The fourth-order valence-corrected chi connectivity index (χ4v) is 9.15. The Morgan fingerprint density at radius 3 is 1.82 bits per heavy atom. The van der Waals surface area contributed by atoms with Crippen molar-refractivity contribution in [1.82, 2.24) is 20.1 Å². The largest absolute Gasteiger partial charge is 0.311 e. The molecule has 0 amide bonds. The van der Waals surface area contributed by atoms with Crippen LogP contribution in [0.3, 0.4) is 0 Å². The van der Waals surface area contributed by atoms with Gasteiger partial charge in [-0.2, -0.15) is 0 Å². The van der Waals surface area contributed by atoms with Gasteiger partial charge in [0.25, 0.3) is 0 Å². The molecule has 0 saturated carbocycles. The van der Waals surface area contributed by atoms with Crippen molar-refractivity contribution in [3.8, 4) is 22.3 Å². The summed E-state index contributed by atoms with van der Waals surface area (Å²) in [7, 11) is 2.21. The first kappa shape index (κ1) is 30.3. The van der Waals surface area contributed by atoms with Crippen LogP contribution in [0.2, 0.25) is 0 Å². The number of hydrogen-bond acceptors (Lipinski definition) is 4. The monoisotopic (exact) mass is 676 g/mol. The molecule has 0 radical (unpaired) electrons. The van der Waals surface area contributed by atoms with Crippen LogP contribution in [0.5, 0.6) is 0 Å². The third-order valence-corrected chi connectivity index (χ3v) is 11.7.